The second-order valence-corrected chi connectivity index (χ2v) is 30.9. The number of hydrogen-bond donors (Lipinski definition) is 4. The van der Waals surface area contributed by atoms with Crippen LogP contribution in [0.15, 0.2) is 218 Å². The molecular weight excluding hydrogens is 1460 g/mol. The van der Waals surface area contributed by atoms with E-state index in [0.29, 0.717) is 56.6 Å². The van der Waals surface area contributed by atoms with Gasteiger partial charge in [-0.15, -0.1) is 0 Å². The minimum atomic E-state index is -1.08. The zero-order valence-electron chi connectivity index (χ0n) is 65.6. The number of amides is 3. The Bertz CT molecular complexity index is 4240. The number of aliphatic hydroxyl groups excluding tert-OH is 1. The maximum absolute atomic E-state index is 13.2. The molecular formula is C93H110ClN7O13. The van der Waals surface area contributed by atoms with Gasteiger partial charge in [-0.25, -0.2) is 19.2 Å². The van der Waals surface area contributed by atoms with E-state index in [1.807, 2.05) is 82.3 Å². The van der Waals surface area contributed by atoms with Crippen LogP contribution in [0.25, 0.3) is 0 Å². The van der Waals surface area contributed by atoms with Crippen LogP contribution in [0.5, 0.6) is 0 Å². The van der Waals surface area contributed by atoms with Crippen LogP contribution in [-0.4, -0.2) is 197 Å². The number of aliphatic hydroxyl groups is 1. The van der Waals surface area contributed by atoms with Crippen molar-refractivity contribution in [2.24, 2.45) is 17.8 Å². The van der Waals surface area contributed by atoms with Gasteiger partial charge in [0, 0.05) is 57.4 Å². The SMILES string of the molecule is CCOC(=O)Cl.CCOC(=O)N1CCc2ccccc2[C@@H]1c1ccccc1.O=C(O)CCC(=O)O.O=C(O[C@H]1CN2CCC1CC2)N1CCc2ccccc2[C@@H]1c1ccccc1.O=C(O[C@H]1CN2CCC1CC2)N1CCc2ccccc2[C@@H]1c1ccccc1.O[C@H]1CN2CCC1CC2.c1ccc([C@@H]2NCCc3ccccc32)cc1. The molecule has 7 atom stereocenters. The van der Waals surface area contributed by atoms with Gasteiger partial charge in [-0.1, -0.05) is 218 Å². The molecule has 20 nitrogen and oxygen atoms in total. The number of nitrogens with one attached hydrogen (secondary N) is 1. The molecule has 9 fully saturated rings. The highest BCUT2D eigenvalue weighted by Crippen LogP contribution is 2.41. The maximum Gasteiger partial charge on any atom is 0.410 e. The summed E-state index contributed by atoms with van der Waals surface area (Å²) in [4.78, 5) is 80.5. The van der Waals surface area contributed by atoms with E-state index in [9.17, 15) is 33.9 Å². The zero-order chi connectivity index (χ0) is 79.7. The lowest BCUT2D eigenvalue weighted by atomic mass is 9.86. The molecule has 8 aromatic carbocycles. The number of rotatable bonds is 11. The highest BCUT2D eigenvalue weighted by molar-refractivity contribution is 6.61. The van der Waals surface area contributed by atoms with Crippen molar-refractivity contribution in [1.29, 1.82) is 0 Å². The van der Waals surface area contributed by atoms with E-state index in [4.69, 9.17) is 36.0 Å². The third-order valence-corrected chi connectivity index (χ3v) is 23.6. The van der Waals surface area contributed by atoms with Gasteiger partial charge in [0.05, 0.1) is 56.3 Å². The standard InChI is InChI=1S/2C23H26N2O2.C18H19NO2.C15H15N.C7H13NO.C4H6O4.C3H5ClO2/c2*26-23(27-21-16-24-13-10-18(21)11-14-24)25-15-12-17-6-4-5-9-20(17)22(25)19-7-2-1-3-8-19;1-2-21-18(20)19-13-12-14-8-6-7-11-16(14)17(19)15-9-4-3-5-10-15;1-2-7-13(8-3-1)15-14-9-5-4-6-12(14)10-11-16-15;9-7-5-8-3-1-6(7)2-4-8;5-3(6)1-2-4(7)8;1-2-6-3(4)5/h2*1-9,18,21-22H,10-16H2;3-11,17H,2,12-13H2,1H3;1-9,15-16H,10-11H2;6-7,9H,1-5H2;1-2H2,(H,5,6)(H,7,8);2H2,1H3/t2*21-,22-;17-;15-;7-;;/m00000../s1. The minimum absolute atomic E-state index is 0.00694. The Kier molecular flexibility index (Phi) is 30.7. The number of benzene rings is 8. The molecule has 3 amide bonds. The summed E-state index contributed by atoms with van der Waals surface area (Å²) in [7, 11) is 0. The highest BCUT2D eigenvalue weighted by atomic mass is 35.5. The first-order valence-corrected chi connectivity index (χ1v) is 41.2. The van der Waals surface area contributed by atoms with Gasteiger partial charge in [0.25, 0.3) is 0 Å². The quantitative estimate of drug-likeness (QED) is 0.0696. The average molecular weight is 1570 g/mol. The molecule has 21 heteroatoms. The van der Waals surface area contributed by atoms with E-state index in [-0.39, 0.29) is 67.6 Å². The Hall–Kier alpha value is -9.93. The van der Waals surface area contributed by atoms with Crippen molar-refractivity contribution in [2.75, 3.05) is 98.3 Å². The summed E-state index contributed by atoms with van der Waals surface area (Å²) < 4.78 is 21.6. The van der Waals surface area contributed by atoms with E-state index in [1.165, 1.54) is 76.0 Å². The number of carbonyl (C=O) groups is 6. The van der Waals surface area contributed by atoms with Crippen LogP contribution in [-0.2, 0) is 54.2 Å². The van der Waals surface area contributed by atoms with Gasteiger partial charge in [0.1, 0.15) is 12.2 Å². The normalized spacial score (nSPS) is 24.6. The number of halogens is 1. The third kappa shape index (κ3) is 22.3. The third-order valence-electron chi connectivity index (χ3n) is 23.5. The predicted molar refractivity (Wildman–Crippen MR) is 440 cm³/mol. The fourth-order valence-electron chi connectivity index (χ4n) is 17.7. The van der Waals surface area contributed by atoms with Crippen molar-refractivity contribution in [3.8, 4) is 0 Å². The molecule has 0 aliphatic carbocycles. The lowest BCUT2D eigenvalue weighted by molar-refractivity contribution is -0.143. The van der Waals surface area contributed by atoms with E-state index in [2.05, 4.69) is 182 Å². The van der Waals surface area contributed by atoms with Crippen LogP contribution in [0.4, 0.5) is 19.2 Å². The van der Waals surface area contributed by atoms with Crippen LogP contribution >= 0.6 is 11.6 Å². The van der Waals surface area contributed by atoms with Crippen molar-refractivity contribution >= 4 is 47.2 Å². The van der Waals surface area contributed by atoms with E-state index in [0.717, 1.165) is 120 Å². The van der Waals surface area contributed by atoms with Gasteiger partial charge >= 0.3 is 35.6 Å². The summed E-state index contributed by atoms with van der Waals surface area (Å²) >= 11 is 4.72. The summed E-state index contributed by atoms with van der Waals surface area (Å²) in [5.74, 6) is -0.452. The molecule has 13 aliphatic heterocycles. The number of aliphatic carboxylic acids is 2. The first-order valence-electron chi connectivity index (χ1n) is 40.8. The molecule has 13 aliphatic rings. The smallest absolute Gasteiger partial charge is 0.410 e. The Labute approximate surface area is 675 Å². The minimum Gasteiger partial charge on any atom is -0.481 e. The lowest BCUT2D eigenvalue weighted by Crippen LogP contribution is -2.53. The van der Waals surface area contributed by atoms with Gasteiger partial charge in [-0.2, -0.15) is 0 Å². The topological polar surface area (TPSA) is 232 Å². The fourth-order valence-corrected chi connectivity index (χ4v) is 17.8. The number of fused-ring (bicyclic) bond motifs is 13. The number of nitrogens with zero attached hydrogens (tertiary/aromatic N) is 6. The molecule has 0 radical (unpaired) electrons. The summed E-state index contributed by atoms with van der Waals surface area (Å²) in [5.41, 5.74) is 14.6. The highest BCUT2D eigenvalue weighted by Gasteiger charge is 2.43. The monoisotopic (exact) mass is 1570 g/mol. The first kappa shape index (κ1) is 83.5. The molecule has 4 N–H and O–H groups in total. The molecule has 602 valence electrons. The number of carboxylic acid groups (broad SMARTS) is 2. The van der Waals surface area contributed by atoms with Crippen LogP contribution in [0, 0.1) is 17.8 Å². The molecule has 13 heterocycles. The largest absolute Gasteiger partial charge is 0.481 e. The summed E-state index contributed by atoms with van der Waals surface area (Å²) in [5, 5.41) is 28.7. The van der Waals surface area contributed by atoms with Crippen molar-refractivity contribution in [3.63, 3.8) is 0 Å². The first-order chi connectivity index (χ1) is 55.6. The molecule has 9 saturated heterocycles. The van der Waals surface area contributed by atoms with Gasteiger partial charge < -0.3 is 44.5 Å². The average Bonchev–Trinajstić information content (AvgIpc) is 0.783. The van der Waals surface area contributed by atoms with E-state index < -0.39 is 17.4 Å². The zero-order valence-corrected chi connectivity index (χ0v) is 66.4. The van der Waals surface area contributed by atoms with Crippen LogP contribution in [0.3, 0.4) is 0 Å². The van der Waals surface area contributed by atoms with Crippen molar-refractivity contribution in [3.05, 3.63) is 285 Å². The molecule has 6 bridgehead atoms. The second-order valence-electron chi connectivity index (χ2n) is 30.6. The lowest BCUT2D eigenvalue weighted by Gasteiger charge is -2.45. The Morgan fingerprint density at radius 1 is 0.377 bits per heavy atom. The number of ether oxygens (including phenoxy) is 4. The Morgan fingerprint density at radius 2 is 0.693 bits per heavy atom. The summed E-state index contributed by atoms with van der Waals surface area (Å²) in [6, 6.07) is 75.7. The fraction of sp³-hybridized carbons (Fsp3) is 0.419. The summed E-state index contributed by atoms with van der Waals surface area (Å²) in [6.45, 7) is 17.3. The second kappa shape index (κ2) is 41.9. The van der Waals surface area contributed by atoms with Crippen LogP contribution in [0.2, 0.25) is 0 Å². The van der Waals surface area contributed by atoms with Crippen molar-refractivity contribution < 1.29 is 63.0 Å². The summed E-state index contributed by atoms with van der Waals surface area (Å²) in [6.07, 6.45) is 9.80. The van der Waals surface area contributed by atoms with Gasteiger partial charge in [-0.3, -0.25) is 34.1 Å². The van der Waals surface area contributed by atoms with Crippen molar-refractivity contribution in [2.45, 2.75) is 133 Å². The van der Waals surface area contributed by atoms with Crippen molar-refractivity contribution in [1.82, 2.24) is 34.7 Å². The van der Waals surface area contributed by atoms with Gasteiger partial charge in [0.15, 0.2) is 0 Å². The number of piperidine rings is 9. The predicted octanol–water partition coefficient (Wildman–Crippen LogP) is 15.8. The number of hydrogen-bond acceptors (Lipinski definition) is 15. The molecule has 0 unspecified atom stereocenters. The Morgan fingerprint density at radius 3 is 0.991 bits per heavy atom. The van der Waals surface area contributed by atoms with Crippen LogP contribution in [0.1, 0.15) is 156 Å². The molecule has 8 aromatic rings. The Balaban J connectivity index is 0.000000130. The maximum atomic E-state index is 13.2. The molecule has 114 heavy (non-hydrogen) atoms. The van der Waals surface area contributed by atoms with Gasteiger partial charge in [0.2, 0.25) is 0 Å². The molecule has 0 aromatic heterocycles. The van der Waals surface area contributed by atoms with Gasteiger partial charge in [-0.05, 0) is 202 Å². The number of carboxylic acids is 2. The van der Waals surface area contributed by atoms with E-state index in [1.54, 1.807) is 6.92 Å². The van der Waals surface area contributed by atoms with E-state index >= 15 is 0 Å². The number of carbonyl (C=O) groups excluding carboxylic acids is 4. The molecule has 0 saturated carbocycles. The van der Waals surface area contributed by atoms with Crippen LogP contribution < -0.4 is 5.32 Å². The molecule has 0 spiro atoms. The molecule has 21 rings (SSSR count).